The van der Waals surface area contributed by atoms with E-state index in [1.54, 1.807) is 36.4 Å². The molecule has 0 saturated heterocycles. The molecule has 0 bridgehead atoms. The van der Waals surface area contributed by atoms with Crippen molar-refractivity contribution in [1.29, 1.82) is 0 Å². The molecule has 4 aromatic rings. The number of nitrogens with zero attached hydrogens (tertiary/aromatic N) is 2. The van der Waals surface area contributed by atoms with Crippen molar-refractivity contribution in [2.45, 2.75) is 12.8 Å². The second-order valence-electron chi connectivity index (χ2n) is 6.37. The topological polar surface area (TPSA) is 61.3 Å². The number of rotatable bonds is 2. The molecule has 0 unspecified atom stereocenters. The van der Waals surface area contributed by atoms with Crippen LogP contribution in [0.2, 0.25) is 0 Å². The van der Waals surface area contributed by atoms with Crippen LogP contribution in [0.3, 0.4) is 0 Å². The molecule has 0 N–H and O–H groups in total. The summed E-state index contributed by atoms with van der Waals surface area (Å²) in [6.45, 7) is 0.00243. The number of ether oxygens (including phenoxy) is 1. The molecule has 0 aliphatic carbocycles. The summed E-state index contributed by atoms with van der Waals surface area (Å²) in [5.74, 6) is 0.0685. The zero-order valence-electron chi connectivity index (χ0n) is 14.5. The predicted octanol–water partition coefficient (Wildman–Crippen LogP) is 6.34. The first-order valence-electron chi connectivity index (χ1n) is 8.47. The van der Waals surface area contributed by atoms with E-state index in [9.17, 15) is 13.2 Å². The maximum absolute atomic E-state index is 13.9. The van der Waals surface area contributed by atoms with Crippen molar-refractivity contribution in [3.63, 3.8) is 0 Å². The molecular formula is C20H10BrF3N2O3. The number of halogens is 4. The zero-order valence-corrected chi connectivity index (χ0v) is 16.0. The third kappa shape index (κ3) is 2.93. The minimum atomic E-state index is -4.71. The molecule has 5 rings (SSSR count). The lowest BCUT2D eigenvalue weighted by molar-refractivity contribution is -0.136. The molecule has 1 aliphatic heterocycles. The van der Waals surface area contributed by atoms with Crippen LogP contribution in [0.25, 0.3) is 34.0 Å². The fraction of sp³-hybridized carbons (Fsp3) is 0.100. The van der Waals surface area contributed by atoms with E-state index in [1.165, 1.54) is 12.1 Å². The third-order valence-electron chi connectivity index (χ3n) is 4.59. The molecule has 1 aliphatic rings. The van der Waals surface area contributed by atoms with E-state index < -0.39 is 17.4 Å². The lowest BCUT2D eigenvalue weighted by atomic mass is 9.99. The Morgan fingerprint density at radius 1 is 0.897 bits per heavy atom. The SMILES string of the molecule is FC(F)(F)c1c(-c2onc3c2COc2cc(Br)ccc2-3)noc1-c1ccccc1. The number of alkyl halides is 3. The quantitative estimate of drug-likeness (QED) is 0.347. The number of hydrogen-bond acceptors (Lipinski definition) is 5. The minimum Gasteiger partial charge on any atom is -0.488 e. The summed E-state index contributed by atoms with van der Waals surface area (Å²) >= 11 is 3.36. The Hall–Kier alpha value is -3.07. The fourth-order valence-electron chi connectivity index (χ4n) is 3.30. The number of fused-ring (bicyclic) bond motifs is 3. The maximum atomic E-state index is 13.9. The Morgan fingerprint density at radius 3 is 2.38 bits per heavy atom. The first-order chi connectivity index (χ1) is 13.9. The van der Waals surface area contributed by atoms with Gasteiger partial charge in [-0.2, -0.15) is 13.2 Å². The van der Waals surface area contributed by atoms with E-state index >= 15 is 0 Å². The number of hydrogen-bond donors (Lipinski definition) is 0. The highest BCUT2D eigenvalue weighted by molar-refractivity contribution is 9.10. The highest BCUT2D eigenvalue weighted by Gasteiger charge is 2.43. The molecule has 0 fully saturated rings. The molecule has 0 atom stereocenters. The van der Waals surface area contributed by atoms with Crippen molar-refractivity contribution in [1.82, 2.24) is 10.3 Å². The van der Waals surface area contributed by atoms with Crippen LogP contribution in [0.1, 0.15) is 11.1 Å². The molecule has 2 aromatic carbocycles. The Bertz CT molecular complexity index is 1220. The Balaban J connectivity index is 1.69. The average molecular weight is 463 g/mol. The number of aromatic nitrogens is 2. The Morgan fingerprint density at radius 2 is 1.62 bits per heavy atom. The van der Waals surface area contributed by atoms with Gasteiger partial charge in [0.15, 0.2) is 17.2 Å². The highest BCUT2D eigenvalue weighted by atomic mass is 79.9. The van der Waals surface area contributed by atoms with Gasteiger partial charge in [-0.05, 0) is 18.2 Å². The monoisotopic (exact) mass is 462 g/mol. The molecule has 0 radical (unpaired) electrons. The molecule has 3 heterocycles. The second kappa shape index (κ2) is 6.48. The van der Waals surface area contributed by atoms with Crippen LogP contribution in [0, 0.1) is 0 Å². The lowest BCUT2D eigenvalue weighted by Crippen LogP contribution is -2.09. The fourth-order valence-corrected chi connectivity index (χ4v) is 3.64. The van der Waals surface area contributed by atoms with Gasteiger partial charge in [-0.3, -0.25) is 0 Å². The summed E-state index contributed by atoms with van der Waals surface area (Å²) in [4.78, 5) is 0. The molecule has 2 aromatic heterocycles. The number of benzene rings is 2. The van der Waals surface area contributed by atoms with E-state index in [0.717, 1.165) is 4.47 Å². The smallest absolute Gasteiger partial charge is 0.422 e. The van der Waals surface area contributed by atoms with Crippen LogP contribution in [-0.2, 0) is 12.8 Å². The second-order valence-corrected chi connectivity index (χ2v) is 7.28. The van der Waals surface area contributed by atoms with E-state index in [0.29, 0.717) is 22.6 Å². The van der Waals surface area contributed by atoms with Crippen LogP contribution in [0.15, 0.2) is 62.0 Å². The molecule has 5 nitrogen and oxygen atoms in total. The third-order valence-corrected chi connectivity index (χ3v) is 5.08. The predicted molar refractivity (Wildman–Crippen MR) is 99.9 cm³/mol. The first kappa shape index (κ1) is 18.0. The summed E-state index contributed by atoms with van der Waals surface area (Å²) < 4.78 is 58.7. The van der Waals surface area contributed by atoms with Crippen LogP contribution in [0.5, 0.6) is 5.75 Å². The Kier molecular flexibility index (Phi) is 4.02. The van der Waals surface area contributed by atoms with Gasteiger partial charge in [0.1, 0.15) is 23.6 Å². The van der Waals surface area contributed by atoms with Crippen molar-refractivity contribution in [2.75, 3.05) is 0 Å². The summed E-state index contributed by atoms with van der Waals surface area (Å²) in [5, 5.41) is 7.68. The van der Waals surface area contributed by atoms with Crippen LogP contribution >= 0.6 is 15.9 Å². The molecule has 0 saturated carbocycles. The van der Waals surface area contributed by atoms with Gasteiger partial charge in [0.05, 0.1) is 5.56 Å². The zero-order chi connectivity index (χ0) is 20.2. The van der Waals surface area contributed by atoms with Crippen LogP contribution in [0.4, 0.5) is 13.2 Å². The van der Waals surface area contributed by atoms with Crippen molar-refractivity contribution in [3.05, 3.63) is 64.1 Å². The maximum Gasteiger partial charge on any atom is 0.422 e. The van der Waals surface area contributed by atoms with Gasteiger partial charge in [0.2, 0.25) is 0 Å². The summed E-state index contributed by atoms with van der Waals surface area (Å²) in [7, 11) is 0. The van der Waals surface area contributed by atoms with Crippen molar-refractivity contribution in [2.24, 2.45) is 0 Å². The van der Waals surface area contributed by atoms with Gasteiger partial charge in [0, 0.05) is 15.6 Å². The van der Waals surface area contributed by atoms with E-state index in [2.05, 4.69) is 26.2 Å². The van der Waals surface area contributed by atoms with E-state index in [4.69, 9.17) is 13.8 Å². The lowest BCUT2D eigenvalue weighted by Gasteiger charge is -2.16. The van der Waals surface area contributed by atoms with Crippen molar-refractivity contribution in [3.8, 4) is 39.8 Å². The summed E-state index contributed by atoms with van der Waals surface area (Å²) in [5.41, 5.74) is 0.242. The standard InChI is InChI=1S/C20H10BrF3N2O3/c21-11-6-7-12-14(8-11)27-9-13-16(12)25-29-19(13)17-15(20(22,23)24)18(28-26-17)10-4-2-1-3-5-10/h1-8H,9H2. The van der Waals surface area contributed by atoms with Gasteiger partial charge < -0.3 is 13.8 Å². The van der Waals surface area contributed by atoms with Gasteiger partial charge in [-0.1, -0.05) is 56.6 Å². The molecule has 0 spiro atoms. The molecular weight excluding hydrogens is 453 g/mol. The van der Waals surface area contributed by atoms with Gasteiger partial charge in [0.25, 0.3) is 0 Å². The van der Waals surface area contributed by atoms with Gasteiger partial charge in [-0.25, -0.2) is 0 Å². The van der Waals surface area contributed by atoms with Gasteiger partial charge in [-0.15, -0.1) is 0 Å². The first-order valence-corrected chi connectivity index (χ1v) is 9.26. The Labute approximate surface area is 170 Å². The van der Waals surface area contributed by atoms with Crippen molar-refractivity contribution >= 4 is 15.9 Å². The summed E-state index contributed by atoms with van der Waals surface area (Å²) in [6, 6.07) is 13.3. The van der Waals surface area contributed by atoms with Crippen molar-refractivity contribution < 1.29 is 27.0 Å². The molecule has 9 heteroatoms. The molecule has 146 valence electrons. The normalized spacial score (nSPS) is 13.0. The average Bonchev–Trinajstić information content (AvgIpc) is 3.32. The molecule has 29 heavy (non-hydrogen) atoms. The minimum absolute atomic E-state index is 0.00243. The van der Waals surface area contributed by atoms with Gasteiger partial charge >= 0.3 is 6.18 Å². The van der Waals surface area contributed by atoms with E-state index in [-0.39, 0.29) is 23.7 Å². The van der Waals surface area contributed by atoms with Crippen LogP contribution in [-0.4, -0.2) is 10.3 Å². The highest BCUT2D eigenvalue weighted by Crippen LogP contribution is 2.47. The molecule has 0 amide bonds. The van der Waals surface area contributed by atoms with Crippen LogP contribution < -0.4 is 4.74 Å². The largest absolute Gasteiger partial charge is 0.488 e. The summed E-state index contributed by atoms with van der Waals surface area (Å²) in [6.07, 6.45) is -4.71. The van der Waals surface area contributed by atoms with E-state index in [1.807, 2.05) is 0 Å².